The lowest BCUT2D eigenvalue weighted by Crippen LogP contribution is -2.52. The highest BCUT2D eigenvalue weighted by Gasteiger charge is 2.38. The van der Waals surface area contributed by atoms with Crippen molar-refractivity contribution in [3.8, 4) is 11.4 Å². The SMILES string of the molecule is CCO[Si](O)(O)c1cc(C)c(-n2cc[n+](-c3c(C)cc([Si](O)(O)OCC)cc3C)c2)c(C)c1.C[Si](C)(C)O.C[Si](C)(C)O.C[Si](C)(C)O.O=S(=O)([O-])C(F)(F)F. The average molecular weight is 909 g/mol. The summed E-state index contributed by atoms with van der Waals surface area (Å²) in [6.07, 6.45) is 5.81. The van der Waals surface area contributed by atoms with Gasteiger partial charge in [-0.15, -0.1) is 0 Å². The number of hydrogen-bond acceptors (Lipinski definition) is 12. The average Bonchev–Trinajstić information content (AvgIpc) is 3.37. The third-order valence-corrected chi connectivity index (χ3v) is 9.89. The van der Waals surface area contributed by atoms with Crippen molar-refractivity contribution >= 4 is 63.1 Å². The highest BCUT2D eigenvalue weighted by atomic mass is 32.2. The number of alkyl halides is 3. The summed E-state index contributed by atoms with van der Waals surface area (Å²) in [7, 11) is -18.8. The van der Waals surface area contributed by atoms with Crippen LogP contribution in [0.3, 0.4) is 0 Å². The molecule has 324 valence electrons. The van der Waals surface area contributed by atoms with Gasteiger partial charge in [0, 0.05) is 23.6 Å². The molecule has 0 aliphatic carbocycles. The highest BCUT2D eigenvalue weighted by molar-refractivity contribution is 7.86. The van der Waals surface area contributed by atoms with Crippen molar-refractivity contribution < 1.29 is 73.1 Å². The van der Waals surface area contributed by atoms with E-state index in [2.05, 4.69) is 0 Å². The third kappa shape index (κ3) is 23.5. The van der Waals surface area contributed by atoms with Crippen LogP contribution in [-0.4, -0.2) is 112 Å². The number of benzene rings is 2. The molecule has 3 aromatic rings. The molecule has 0 saturated heterocycles. The lowest BCUT2D eigenvalue weighted by Gasteiger charge is -2.19. The van der Waals surface area contributed by atoms with Crippen LogP contribution in [0.4, 0.5) is 13.2 Å². The first-order valence-electron chi connectivity index (χ1n) is 17.4. The van der Waals surface area contributed by atoms with Gasteiger partial charge in [0.15, 0.2) is 35.1 Å². The maximum atomic E-state index is 10.7. The first kappa shape index (κ1) is 56.2. The fraction of sp³-hybridized carbons (Fsp3) is 0.545. The van der Waals surface area contributed by atoms with Gasteiger partial charge in [0.1, 0.15) is 23.8 Å². The van der Waals surface area contributed by atoms with E-state index >= 15 is 0 Å². The molecule has 0 aliphatic heterocycles. The van der Waals surface area contributed by atoms with Gasteiger partial charge in [-0.1, -0.05) is 0 Å². The Bertz CT molecular complexity index is 1610. The lowest BCUT2D eigenvalue weighted by molar-refractivity contribution is -0.595. The lowest BCUT2D eigenvalue weighted by atomic mass is 10.1. The Kier molecular flexibility index (Phi) is 22.0. The molecule has 1 heterocycles. The van der Waals surface area contributed by atoms with Crippen LogP contribution in [0.1, 0.15) is 36.1 Å². The van der Waals surface area contributed by atoms with Crippen molar-refractivity contribution in [2.75, 3.05) is 13.2 Å². The zero-order valence-electron chi connectivity index (χ0n) is 35.1. The van der Waals surface area contributed by atoms with Gasteiger partial charge in [-0.2, -0.15) is 13.2 Å². The maximum absolute atomic E-state index is 10.7. The third-order valence-electron chi connectivity index (χ3n) is 5.86. The number of rotatable bonds is 8. The smallest absolute Gasteiger partial charge is 0.531 e. The van der Waals surface area contributed by atoms with Crippen LogP contribution in [0, 0.1) is 27.7 Å². The highest BCUT2D eigenvalue weighted by Crippen LogP contribution is 2.21. The van der Waals surface area contributed by atoms with Crippen LogP contribution in [-0.2, 0) is 19.0 Å². The molecular weight excluding hydrogens is 846 g/mol. The van der Waals surface area contributed by atoms with Crippen LogP contribution in [0.2, 0.25) is 58.9 Å². The predicted molar refractivity (Wildman–Crippen MR) is 222 cm³/mol. The number of hydrogen-bond donors (Lipinski definition) is 7. The van der Waals surface area contributed by atoms with Gasteiger partial charge in [0.2, 0.25) is 0 Å². The molecule has 0 unspecified atom stereocenters. The zero-order chi connectivity index (χ0) is 45.1. The van der Waals surface area contributed by atoms with E-state index in [4.69, 9.17) is 36.2 Å². The van der Waals surface area contributed by atoms with Crippen LogP contribution in [0.5, 0.6) is 0 Å². The van der Waals surface area contributed by atoms with Gasteiger partial charge >= 0.3 is 23.1 Å². The summed E-state index contributed by atoms with van der Waals surface area (Å²) in [6, 6.07) is 7.06. The molecule has 56 heavy (non-hydrogen) atoms. The molecule has 0 spiro atoms. The molecule has 1 aromatic heterocycles. The predicted octanol–water partition coefficient (Wildman–Crippen LogP) is 2.81. The Morgan fingerprint density at radius 1 is 0.661 bits per heavy atom. The first-order chi connectivity index (χ1) is 24.7. The Balaban J connectivity index is 0. The molecular formula is C33H63F3N2O12SSi5. The monoisotopic (exact) mass is 908 g/mol. The molecule has 2 aromatic carbocycles. The van der Waals surface area contributed by atoms with Crippen LogP contribution in [0.15, 0.2) is 43.0 Å². The Hall–Kier alpha value is -1.93. The van der Waals surface area contributed by atoms with E-state index in [-0.39, 0.29) is 13.2 Å². The van der Waals surface area contributed by atoms with E-state index in [1.165, 1.54) is 0 Å². The minimum Gasteiger partial charge on any atom is -0.741 e. The second-order valence-electron chi connectivity index (χ2n) is 15.6. The second kappa shape index (κ2) is 21.9. The van der Waals surface area contributed by atoms with Crippen molar-refractivity contribution in [3.05, 3.63) is 65.2 Å². The van der Waals surface area contributed by atoms with Crippen LogP contribution in [0.25, 0.3) is 11.4 Å². The normalized spacial score (nSPS) is 12.5. The molecule has 3 rings (SSSR count). The summed E-state index contributed by atoms with van der Waals surface area (Å²) in [4.78, 5) is 67.4. The van der Waals surface area contributed by atoms with E-state index in [0.717, 1.165) is 33.6 Å². The largest absolute Gasteiger partial charge is 0.741 e. The summed E-state index contributed by atoms with van der Waals surface area (Å²) < 4.78 is 73.3. The minimum absolute atomic E-state index is 0.231. The van der Waals surface area contributed by atoms with Crippen molar-refractivity contribution in [3.63, 3.8) is 0 Å². The molecule has 23 heteroatoms. The van der Waals surface area contributed by atoms with E-state index < -0.39 is 58.2 Å². The van der Waals surface area contributed by atoms with Gasteiger partial charge in [-0.05, 0) is 147 Å². The Morgan fingerprint density at radius 2 is 0.929 bits per heavy atom. The number of imidazole rings is 1. The molecule has 0 atom stereocenters. The quantitative estimate of drug-likeness (QED) is 0.0750. The second-order valence-corrected chi connectivity index (χ2v) is 34.2. The van der Waals surface area contributed by atoms with E-state index in [1.807, 2.05) is 114 Å². The number of aryl methyl sites for hydroxylation is 4. The number of halogens is 3. The van der Waals surface area contributed by atoms with Gasteiger partial charge in [-0.25, -0.2) is 17.6 Å². The molecule has 0 aliphatic rings. The Labute approximate surface area is 335 Å². The molecule has 0 bridgehead atoms. The van der Waals surface area contributed by atoms with E-state index in [1.54, 1.807) is 38.1 Å². The molecule has 0 saturated carbocycles. The molecule has 0 radical (unpaired) electrons. The van der Waals surface area contributed by atoms with Crippen molar-refractivity contribution in [2.24, 2.45) is 0 Å². The van der Waals surface area contributed by atoms with Crippen molar-refractivity contribution in [2.45, 2.75) is 106 Å². The van der Waals surface area contributed by atoms with E-state index in [9.17, 15) is 32.4 Å². The fourth-order valence-corrected chi connectivity index (χ4v) is 7.05. The first-order valence-corrected chi connectivity index (χ1v) is 32.7. The molecule has 0 fully saturated rings. The van der Waals surface area contributed by atoms with Crippen molar-refractivity contribution in [1.82, 2.24) is 4.57 Å². The fourth-order valence-electron chi connectivity index (χ4n) is 4.29. The molecule has 14 nitrogen and oxygen atoms in total. The zero-order valence-corrected chi connectivity index (χ0v) is 40.9. The molecule has 7 N–H and O–H groups in total. The van der Waals surface area contributed by atoms with Gasteiger partial charge < -0.3 is 47.0 Å². The standard InChI is InChI=1S/C23H33N2O6Si2.3C3H10OSi.CHF3O3S/c1-7-30-32(26,27)20-11-16(3)22(17(4)12-20)24-9-10-25(15-24)23-18(5)13-21(14-19(23)6)33(28,29)31-8-2;3*1-5(2,3)4;2-1(3,4)8(5,6)7/h9-15,26-29H,7-8H2,1-6H3;3*4H,1-3H3;(H,5,6,7)/q+1;;;;/p-1. The topological polar surface area (TPSA) is 226 Å². The van der Waals surface area contributed by atoms with Gasteiger partial charge in [0.25, 0.3) is 6.33 Å². The van der Waals surface area contributed by atoms with Gasteiger partial charge in [0.05, 0.1) is 0 Å². The van der Waals surface area contributed by atoms with Gasteiger partial charge in [-0.3, -0.25) is 0 Å². The van der Waals surface area contributed by atoms with Crippen LogP contribution < -0.4 is 14.9 Å². The van der Waals surface area contributed by atoms with Crippen LogP contribution >= 0.6 is 0 Å². The minimum atomic E-state index is -6.09. The number of aromatic nitrogens is 2. The summed E-state index contributed by atoms with van der Waals surface area (Å²) >= 11 is 0. The molecule has 0 amide bonds. The maximum Gasteiger partial charge on any atom is 0.531 e. The summed E-state index contributed by atoms with van der Waals surface area (Å²) in [5.41, 5.74) is -0.187. The number of nitrogens with zero attached hydrogens (tertiary/aromatic N) is 2. The van der Waals surface area contributed by atoms with E-state index in [0.29, 0.717) is 10.4 Å². The summed E-state index contributed by atoms with van der Waals surface area (Å²) in [6.45, 7) is 28.6. The van der Waals surface area contributed by atoms with Crippen molar-refractivity contribution in [1.29, 1.82) is 0 Å². The Morgan fingerprint density at radius 3 is 1.18 bits per heavy atom. The summed E-state index contributed by atoms with van der Waals surface area (Å²) in [5, 5.41) is 0.834. The summed E-state index contributed by atoms with van der Waals surface area (Å²) in [5.74, 6) is 0.